The zero-order chi connectivity index (χ0) is 17.2. The Kier molecular flexibility index (Phi) is 4.82. The highest BCUT2D eigenvalue weighted by Gasteiger charge is 2.34. The minimum atomic E-state index is -4.74. The van der Waals surface area contributed by atoms with Crippen molar-refractivity contribution in [1.82, 2.24) is 10.2 Å². The summed E-state index contributed by atoms with van der Waals surface area (Å²) in [5, 5.41) is 2.76. The van der Waals surface area contributed by atoms with Gasteiger partial charge < -0.3 is 15.0 Å². The van der Waals surface area contributed by atoms with Crippen LogP contribution in [0.2, 0.25) is 0 Å². The molecule has 2 amide bonds. The molecule has 0 aliphatic carbocycles. The fourth-order valence-electron chi connectivity index (χ4n) is 2.46. The molecule has 1 fully saturated rings. The van der Waals surface area contributed by atoms with E-state index in [1.807, 2.05) is 0 Å². The smallest absolute Gasteiger partial charge is 0.406 e. The topological polar surface area (TPSA) is 58.6 Å². The molecule has 0 aromatic heterocycles. The van der Waals surface area contributed by atoms with E-state index >= 15 is 0 Å². The standard InChI is InChI=1S/C15H17F3N2O3/c1-9(19-14(22)12-7-8-13(21)20(12)2)10-3-5-11(6-4-10)23-15(16,17)18/h3-6,9,12H,7-8H2,1-2H3,(H,19,22)/t9-,12?/m0/s1. The molecule has 1 N–H and O–H groups in total. The first-order valence-electron chi connectivity index (χ1n) is 7.09. The Morgan fingerprint density at radius 3 is 2.43 bits per heavy atom. The lowest BCUT2D eigenvalue weighted by molar-refractivity contribution is -0.274. The van der Waals surface area contributed by atoms with E-state index < -0.39 is 18.4 Å². The number of carbonyl (C=O) groups is 2. The maximum absolute atomic E-state index is 12.2. The lowest BCUT2D eigenvalue weighted by atomic mass is 10.1. The fourth-order valence-corrected chi connectivity index (χ4v) is 2.46. The Bertz CT molecular complexity index is 587. The van der Waals surface area contributed by atoms with Crippen molar-refractivity contribution in [3.8, 4) is 5.75 Å². The number of halogens is 3. The zero-order valence-corrected chi connectivity index (χ0v) is 12.7. The predicted octanol–water partition coefficient (Wildman–Crippen LogP) is 2.38. The maximum atomic E-state index is 12.2. The molecule has 5 nitrogen and oxygen atoms in total. The molecule has 0 spiro atoms. The largest absolute Gasteiger partial charge is 0.573 e. The number of carbonyl (C=O) groups excluding carboxylic acids is 2. The van der Waals surface area contributed by atoms with Crippen molar-refractivity contribution in [3.05, 3.63) is 29.8 Å². The second-order valence-electron chi connectivity index (χ2n) is 5.41. The van der Waals surface area contributed by atoms with E-state index in [1.54, 1.807) is 14.0 Å². The van der Waals surface area contributed by atoms with Crippen molar-refractivity contribution in [2.24, 2.45) is 0 Å². The number of ether oxygens (including phenoxy) is 1. The SMILES string of the molecule is C[C@H](NC(=O)C1CCC(=O)N1C)c1ccc(OC(F)(F)F)cc1. The summed E-state index contributed by atoms with van der Waals surface area (Å²) in [6, 6.07) is 4.39. The van der Waals surface area contributed by atoms with Gasteiger partial charge in [0.1, 0.15) is 11.8 Å². The van der Waals surface area contributed by atoms with E-state index in [9.17, 15) is 22.8 Å². The number of hydrogen-bond acceptors (Lipinski definition) is 3. The summed E-state index contributed by atoms with van der Waals surface area (Å²) < 4.78 is 40.1. The van der Waals surface area contributed by atoms with Crippen molar-refractivity contribution in [1.29, 1.82) is 0 Å². The summed E-state index contributed by atoms with van der Waals surface area (Å²) in [4.78, 5) is 25.0. The van der Waals surface area contributed by atoms with Gasteiger partial charge in [0.15, 0.2) is 0 Å². The van der Waals surface area contributed by atoms with E-state index in [4.69, 9.17) is 0 Å². The average Bonchev–Trinajstić information content (AvgIpc) is 2.78. The quantitative estimate of drug-likeness (QED) is 0.922. The van der Waals surface area contributed by atoms with Crippen LogP contribution in [-0.2, 0) is 9.59 Å². The van der Waals surface area contributed by atoms with Crippen molar-refractivity contribution >= 4 is 11.8 Å². The first-order chi connectivity index (χ1) is 10.7. The number of likely N-dealkylation sites (tertiary alicyclic amines) is 1. The van der Waals surface area contributed by atoms with Crippen LogP contribution < -0.4 is 10.1 Å². The van der Waals surface area contributed by atoms with Crippen LogP contribution in [0.25, 0.3) is 0 Å². The molecule has 23 heavy (non-hydrogen) atoms. The number of hydrogen-bond donors (Lipinski definition) is 1. The predicted molar refractivity (Wildman–Crippen MR) is 75.5 cm³/mol. The Labute approximate surface area is 131 Å². The summed E-state index contributed by atoms with van der Waals surface area (Å²) >= 11 is 0. The molecule has 1 unspecified atom stereocenters. The molecule has 0 bridgehead atoms. The molecular formula is C15H17F3N2O3. The number of alkyl halides is 3. The number of nitrogens with zero attached hydrogens (tertiary/aromatic N) is 1. The van der Waals surface area contributed by atoms with Gasteiger partial charge in [-0.3, -0.25) is 9.59 Å². The number of amides is 2. The molecule has 1 aliphatic rings. The molecule has 1 aromatic carbocycles. The van der Waals surface area contributed by atoms with Crippen LogP contribution in [0.3, 0.4) is 0 Å². The van der Waals surface area contributed by atoms with Crippen LogP contribution in [0, 0.1) is 0 Å². The van der Waals surface area contributed by atoms with Gasteiger partial charge in [-0.2, -0.15) is 0 Å². The maximum Gasteiger partial charge on any atom is 0.573 e. The van der Waals surface area contributed by atoms with Crippen molar-refractivity contribution in [2.75, 3.05) is 7.05 Å². The first-order valence-corrected chi connectivity index (χ1v) is 7.09. The average molecular weight is 330 g/mol. The second-order valence-corrected chi connectivity index (χ2v) is 5.41. The van der Waals surface area contributed by atoms with Gasteiger partial charge in [0.2, 0.25) is 11.8 Å². The molecule has 2 atom stereocenters. The van der Waals surface area contributed by atoms with Crippen molar-refractivity contribution in [3.63, 3.8) is 0 Å². The van der Waals surface area contributed by atoms with E-state index in [-0.39, 0.29) is 17.6 Å². The molecule has 126 valence electrons. The summed E-state index contributed by atoms with van der Waals surface area (Å²) in [6.07, 6.45) is -3.93. The number of likely N-dealkylation sites (N-methyl/N-ethyl adjacent to an activating group) is 1. The molecule has 0 saturated carbocycles. The number of rotatable bonds is 4. The zero-order valence-electron chi connectivity index (χ0n) is 12.7. The van der Waals surface area contributed by atoms with Crippen LogP contribution in [-0.4, -0.2) is 36.2 Å². The van der Waals surface area contributed by atoms with Gasteiger partial charge in [-0.05, 0) is 31.0 Å². The van der Waals surface area contributed by atoms with Gasteiger partial charge in [-0.1, -0.05) is 12.1 Å². The Morgan fingerprint density at radius 1 is 1.35 bits per heavy atom. The summed E-state index contributed by atoms with van der Waals surface area (Å²) in [5.41, 5.74) is 0.639. The third-order valence-electron chi connectivity index (χ3n) is 3.77. The fraction of sp³-hybridized carbons (Fsp3) is 0.467. The molecule has 1 heterocycles. The summed E-state index contributed by atoms with van der Waals surface area (Å²) in [7, 11) is 1.58. The molecule has 2 rings (SSSR count). The van der Waals surface area contributed by atoms with Crippen molar-refractivity contribution in [2.45, 2.75) is 38.2 Å². The third kappa shape index (κ3) is 4.37. The molecule has 1 aliphatic heterocycles. The normalized spacial score (nSPS) is 19.6. The van der Waals surface area contributed by atoms with Crippen LogP contribution in [0.15, 0.2) is 24.3 Å². The van der Waals surface area contributed by atoms with E-state index in [1.165, 1.54) is 29.2 Å². The van der Waals surface area contributed by atoms with Gasteiger partial charge in [-0.25, -0.2) is 0 Å². The van der Waals surface area contributed by atoms with Crippen molar-refractivity contribution < 1.29 is 27.5 Å². The summed E-state index contributed by atoms with van der Waals surface area (Å²) in [6.45, 7) is 1.72. The van der Waals surface area contributed by atoms with Gasteiger partial charge in [-0.15, -0.1) is 13.2 Å². The molecule has 0 radical (unpaired) electrons. The number of benzene rings is 1. The van der Waals surface area contributed by atoms with Crippen LogP contribution in [0.4, 0.5) is 13.2 Å². The number of nitrogens with one attached hydrogen (secondary N) is 1. The highest BCUT2D eigenvalue weighted by Crippen LogP contribution is 2.25. The highest BCUT2D eigenvalue weighted by molar-refractivity contribution is 5.90. The molecule has 8 heteroatoms. The Balaban J connectivity index is 1.96. The van der Waals surface area contributed by atoms with Gasteiger partial charge in [0.25, 0.3) is 0 Å². The molecule has 1 aromatic rings. The van der Waals surface area contributed by atoms with E-state index in [0.29, 0.717) is 18.4 Å². The molecular weight excluding hydrogens is 313 g/mol. The van der Waals surface area contributed by atoms with Crippen LogP contribution in [0.1, 0.15) is 31.4 Å². The monoisotopic (exact) mass is 330 g/mol. The molecule has 1 saturated heterocycles. The minimum Gasteiger partial charge on any atom is -0.406 e. The van der Waals surface area contributed by atoms with E-state index in [2.05, 4.69) is 10.1 Å². The lowest BCUT2D eigenvalue weighted by Gasteiger charge is -2.22. The summed E-state index contributed by atoms with van der Waals surface area (Å²) in [5.74, 6) is -0.672. The minimum absolute atomic E-state index is 0.0774. The van der Waals surface area contributed by atoms with Crippen LogP contribution >= 0.6 is 0 Å². The Hall–Kier alpha value is -2.25. The lowest BCUT2D eigenvalue weighted by Crippen LogP contribution is -2.43. The van der Waals surface area contributed by atoms with Gasteiger partial charge in [0.05, 0.1) is 6.04 Å². The van der Waals surface area contributed by atoms with Gasteiger partial charge >= 0.3 is 6.36 Å². The second kappa shape index (κ2) is 6.47. The third-order valence-corrected chi connectivity index (χ3v) is 3.77. The van der Waals surface area contributed by atoms with E-state index in [0.717, 1.165) is 0 Å². The Morgan fingerprint density at radius 2 is 1.96 bits per heavy atom. The highest BCUT2D eigenvalue weighted by atomic mass is 19.4. The first kappa shape index (κ1) is 17.1. The van der Waals surface area contributed by atoms with Gasteiger partial charge in [0, 0.05) is 13.5 Å². The van der Waals surface area contributed by atoms with Crippen LogP contribution in [0.5, 0.6) is 5.75 Å².